The lowest BCUT2D eigenvalue weighted by atomic mass is 9.43. The van der Waals surface area contributed by atoms with Gasteiger partial charge in [-0.05, 0) is 67.8 Å². The fourth-order valence-electron chi connectivity index (χ4n) is 6.20. The summed E-state index contributed by atoms with van der Waals surface area (Å²) in [5, 5.41) is 3.19. The Morgan fingerprint density at radius 3 is 2.58 bits per heavy atom. The number of hydrogen-bond donors (Lipinski definition) is 2. The van der Waals surface area contributed by atoms with Crippen LogP contribution in [0.25, 0.3) is 0 Å². The molecule has 1 saturated heterocycles. The Bertz CT molecular complexity index is 786. The van der Waals surface area contributed by atoms with Crippen LogP contribution in [-0.2, 0) is 20.5 Å². The maximum absolute atomic E-state index is 12.9. The van der Waals surface area contributed by atoms with Crippen molar-refractivity contribution in [3.63, 3.8) is 0 Å². The second kappa shape index (κ2) is 8.53. The van der Waals surface area contributed by atoms with Crippen molar-refractivity contribution in [2.45, 2.75) is 90.4 Å². The fraction of sp³-hybridized carbons (Fsp3) is 0.720. The number of carbonyl (C=O) groups excluding carboxylic acids is 1. The first-order valence-electron chi connectivity index (χ1n) is 12.0. The van der Waals surface area contributed by atoms with Gasteiger partial charge in [0.05, 0.1) is 23.7 Å². The van der Waals surface area contributed by atoms with E-state index in [1.54, 1.807) is 0 Å². The molecule has 1 heterocycles. The summed E-state index contributed by atoms with van der Waals surface area (Å²) in [5.41, 5.74) is 7.50. The highest BCUT2D eigenvalue weighted by Gasteiger charge is 2.68. The third kappa shape index (κ3) is 4.31. The molecule has 1 aromatic rings. The Morgan fingerprint density at radius 1 is 1.23 bits per heavy atom. The van der Waals surface area contributed by atoms with Crippen molar-refractivity contribution < 1.29 is 14.1 Å². The van der Waals surface area contributed by atoms with Gasteiger partial charge in [0.2, 0.25) is 5.91 Å². The largest absolute Gasteiger partial charge is 0.481 e. The van der Waals surface area contributed by atoms with Gasteiger partial charge in [-0.2, -0.15) is 0 Å². The van der Waals surface area contributed by atoms with Gasteiger partial charge < -0.3 is 20.4 Å². The average molecular weight is 426 g/mol. The minimum Gasteiger partial charge on any atom is -0.404 e. The van der Waals surface area contributed by atoms with E-state index in [0.717, 1.165) is 19.3 Å². The van der Waals surface area contributed by atoms with Crippen molar-refractivity contribution in [2.75, 3.05) is 0 Å². The summed E-state index contributed by atoms with van der Waals surface area (Å²) in [6.07, 6.45) is 4.61. The molecule has 3 saturated carbocycles. The summed E-state index contributed by atoms with van der Waals surface area (Å²) in [7, 11) is -0.405. The maximum atomic E-state index is 12.9. The van der Waals surface area contributed by atoms with Crippen molar-refractivity contribution in [3.05, 3.63) is 35.9 Å². The standard InChI is InChI=1S/C25H39BN2O3/c1-16(2)13-22(28-23(29)19(27)12-11-17-9-7-6-8-10-17)26-30-21-15-18-14-20(24(18,3)4)25(21,5)31-26/h6-10,16,18-22H,11-15,27H2,1-5H3,(H,28,29)/t18-,19-,20-,21+,22-,25-/m0/s1. The predicted molar refractivity (Wildman–Crippen MR) is 124 cm³/mol. The molecule has 1 aromatic carbocycles. The van der Waals surface area contributed by atoms with Crippen LogP contribution in [0.2, 0.25) is 0 Å². The molecule has 6 heteroatoms. The smallest absolute Gasteiger partial charge is 0.404 e. The van der Waals surface area contributed by atoms with Gasteiger partial charge in [0, 0.05) is 0 Å². The number of hydrogen-bond acceptors (Lipinski definition) is 4. The van der Waals surface area contributed by atoms with E-state index >= 15 is 0 Å². The Labute approximate surface area is 188 Å². The molecular weight excluding hydrogens is 387 g/mol. The minimum absolute atomic E-state index is 0.113. The Kier molecular flexibility index (Phi) is 6.28. The molecule has 5 rings (SSSR count). The van der Waals surface area contributed by atoms with Gasteiger partial charge in [-0.1, -0.05) is 58.0 Å². The first kappa shape index (κ1) is 22.8. The molecule has 3 N–H and O–H groups in total. The van der Waals surface area contributed by atoms with E-state index in [1.165, 1.54) is 12.0 Å². The highest BCUT2D eigenvalue weighted by molar-refractivity contribution is 6.47. The van der Waals surface area contributed by atoms with Crippen molar-refractivity contribution in [1.82, 2.24) is 5.32 Å². The van der Waals surface area contributed by atoms with Gasteiger partial charge >= 0.3 is 7.12 Å². The highest BCUT2D eigenvalue weighted by atomic mass is 16.7. The van der Waals surface area contributed by atoms with Crippen molar-refractivity contribution >= 4 is 13.0 Å². The van der Waals surface area contributed by atoms with Gasteiger partial charge in [-0.15, -0.1) is 0 Å². The molecule has 4 aliphatic rings. The minimum atomic E-state index is -0.541. The fourth-order valence-corrected chi connectivity index (χ4v) is 6.20. The van der Waals surface area contributed by atoms with Crippen LogP contribution in [-0.4, -0.2) is 36.7 Å². The van der Waals surface area contributed by atoms with E-state index in [0.29, 0.717) is 29.6 Å². The number of carbonyl (C=O) groups is 1. The van der Waals surface area contributed by atoms with E-state index in [1.807, 2.05) is 18.2 Å². The lowest BCUT2D eigenvalue weighted by molar-refractivity contribution is -0.199. The van der Waals surface area contributed by atoms with E-state index in [9.17, 15) is 4.79 Å². The summed E-state index contributed by atoms with van der Waals surface area (Å²) in [6, 6.07) is 9.63. The summed E-state index contributed by atoms with van der Waals surface area (Å²) in [6.45, 7) is 11.3. The zero-order valence-electron chi connectivity index (χ0n) is 19.8. The lowest BCUT2D eigenvalue weighted by Gasteiger charge is -2.64. The zero-order valence-corrected chi connectivity index (χ0v) is 19.8. The molecular formula is C25H39BN2O3. The number of nitrogens with two attached hydrogens (primary N) is 1. The van der Waals surface area contributed by atoms with Gasteiger partial charge in [-0.3, -0.25) is 4.79 Å². The zero-order chi connectivity index (χ0) is 22.4. The molecule has 1 aliphatic heterocycles. The molecule has 4 fully saturated rings. The van der Waals surface area contributed by atoms with E-state index < -0.39 is 13.2 Å². The van der Waals surface area contributed by atoms with Crippen LogP contribution in [0.5, 0.6) is 0 Å². The molecule has 1 amide bonds. The molecule has 0 unspecified atom stereocenters. The van der Waals surface area contributed by atoms with E-state index in [2.05, 4.69) is 52.1 Å². The number of benzene rings is 1. The van der Waals surface area contributed by atoms with Crippen LogP contribution in [0.4, 0.5) is 0 Å². The summed E-state index contributed by atoms with van der Waals surface area (Å²) >= 11 is 0. The topological polar surface area (TPSA) is 73.6 Å². The van der Waals surface area contributed by atoms with Gasteiger partial charge in [0.15, 0.2) is 0 Å². The Morgan fingerprint density at radius 2 is 1.94 bits per heavy atom. The van der Waals surface area contributed by atoms with Crippen LogP contribution in [0, 0.1) is 23.2 Å². The summed E-state index contributed by atoms with van der Waals surface area (Å²) in [5.74, 6) is 1.34. The molecule has 0 spiro atoms. The third-order valence-electron chi connectivity index (χ3n) is 8.27. The molecule has 0 radical (unpaired) electrons. The molecule has 6 atom stereocenters. The van der Waals surface area contributed by atoms with Crippen molar-refractivity contribution in [1.29, 1.82) is 0 Å². The first-order valence-corrected chi connectivity index (χ1v) is 12.0. The highest BCUT2D eigenvalue weighted by Crippen LogP contribution is 2.65. The average Bonchev–Trinajstić information content (AvgIpc) is 3.08. The maximum Gasteiger partial charge on any atom is 0.481 e. The van der Waals surface area contributed by atoms with E-state index in [4.69, 9.17) is 15.0 Å². The summed E-state index contributed by atoms with van der Waals surface area (Å²) in [4.78, 5) is 12.9. The molecule has 31 heavy (non-hydrogen) atoms. The number of rotatable bonds is 8. The predicted octanol–water partition coefficient (Wildman–Crippen LogP) is 3.74. The normalized spacial score (nSPS) is 32.9. The molecule has 5 nitrogen and oxygen atoms in total. The quantitative estimate of drug-likeness (QED) is 0.621. The first-order chi connectivity index (χ1) is 14.6. The second-order valence-electron chi connectivity index (χ2n) is 11.2. The summed E-state index contributed by atoms with van der Waals surface area (Å²) < 4.78 is 13.1. The molecule has 170 valence electrons. The number of aryl methyl sites for hydroxylation is 1. The van der Waals surface area contributed by atoms with Gasteiger partial charge in [-0.25, -0.2) is 0 Å². The molecule has 3 aliphatic carbocycles. The van der Waals surface area contributed by atoms with Crippen LogP contribution in [0.1, 0.15) is 65.9 Å². The SMILES string of the molecule is CC(C)C[C@H](NC(=O)[C@@H](N)CCc1ccccc1)B1O[C@@H]2C[C@@H]3C[C@@H](C3(C)C)[C@]2(C)O1. The van der Waals surface area contributed by atoms with Crippen LogP contribution in [0.15, 0.2) is 30.3 Å². The van der Waals surface area contributed by atoms with Crippen LogP contribution >= 0.6 is 0 Å². The van der Waals surface area contributed by atoms with Crippen molar-refractivity contribution in [2.24, 2.45) is 28.9 Å². The number of amides is 1. The monoisotopic (exact) mass is 426 g/mol. The lowest BCUT2D eigenvalue weighted by Crippen LogP contribution is -2.65. The second-order valence-corrected chi connectivity index (χ2v) is 11.2. The van der Waals surface area contributed by atoms with Gasteiger partial charge in [0.1, 0.15) is 0 Å². The number of nitrogens with one attached hydrogen (secondary N) is 1. The molecule has 0 aromatic heterocycles. The van der Waals surface area contributed by atoms with Crippen molar-refractivity contribution in [3.8, 4) is 0 Å². The Balaban J connectivity index is 1.39. The van der Waals surface area contributed by atoms with E-state index in [-0.39, 0.29) is 23.6 Å². The van der Waals surface area contributed by atoms with Gasteiger partial charge in [0.25, 0.3) is 0 Å². The molecule has 2 bridgehead atoms. The third-order valence-corrected chi connectivity index (χ3v) is 8.27. The Hall–Kier alpha value is -1.37. The van der Waals surface area contributed by atoms with Crippen LogP contribution < -0.4 is 11.1 Å². The van der Waals surface area contributed by atoms with Crippen LogP contribution in [0.3, 0.4) is 0 Å².